The lowest BCUT2D eigenvalue weighted by molar-refractivity contribution is -0.132. The minimum Gasteiger partial charge on any atom is -0.385 e. The van der Waals surface area contributed by atoms with E-state index in [2.05, 4.69) is 25.6 Å². The fourth-order valence-electron chi connectivity index (χ4n) is 3.37. The van der Waals surface area contributed by atoms with E-state index in [1.54, 1.807) is 34.7 Å². The Hall–Kier alpha value is -3.63. The molecule has 2 amide bonds. The van der Waals surface area contributed by atoms with Crippen LogP contribution in [0.25, 0.3) is 0 Å². The molecule has 0 atom stereocenters. The summed E-state index contributed by atoms with van der Waals surface area (Å²) in [4.78, 5) is 55.8. The van der Waals surface area contributed by atoms with Crippen molar-refractivity contribution in [2.75, 3.05) is 14.1 Å². The maximum Gasteiger partial charge on any atom is 0.269 e. The zero-order valence-corrected chi connectivity index (χ0v) is 17.8. The molecule has 0 saturated heterocycles. The summed E-state index contributed by atoms with van der Waals surface area (Å²) in [6.45, 7) is 6.61. The number of hydrogen-bond donors (Lipinski definition) is 3. The van der Waals surface area contributed by atoms with E-state index in [4.69, 9.17) is 5.73 Å². The number of allylic oxidation sites excluding steroid dienone is 3. The van der Waals surface area contributed by atoms with Crippen molar-refractivity contribution in [3.8, 4) is 0 Å². The summed E-state index contributed by atoms with van der Waals surface area (Å²) in [6, 6.07) is 0. The second kappa shape index (κ2) is 8.39. The number of nitrogens with two attached hydrogens (primary N) is 1. The highest BCUT2D eigenvalue weighted by molar-refractivity contribution is 6.25. The van der Waals surface area contributed by atoms with E-state index in [0.29, 0.717) is 11.1 Å². The normalized spacial score (nSPS) is 15.3. The van der Waals surface area contributed by atoms with Gasteiger partial charge in [-0.2, -0.15) is 0 Å². The molecular weight excluding hydrogens is 390 g/mol. The molecule has 1 aliphatic rings. The van der Waals surface area contributed by atoms with Crippen LogP contribution >= 0.6 is 0 Å². The Morgan fingerprint density at radius 2 is 1.87 bits per heavy atom. The molecule has 0 radical (unpaired) electrons. The summed E-state index contributed by atoms with van der Waals surface area (Å²) in [5, 5.41) is 11.3. The lowest BCUT2D eigenvalue weighted by atomic mass is 9.72. The first-order valence-electron chi connectivity index (χ1n) is 9.13. The Morgan fingerprint density at radius 1 is 1.23 bits per heavy atom. The number of primary amides is 1. The quantitative estimate of drug-likeness (QED) is 0.346. The average molecular weight is 415 g/mol. The van der Waals surface area contributed by atoms with Gasteiger partial charge in [-0.3, -0.25) is 19.2 Å². The van der Waals surface area contributed by atoms with Gasteiger partial charge in [0, 0.05) is 42.7 Å². The lowest BCUT2D eigenvalue weighted by Gasteiger charge is -2.32. The zero-order chi connectivity index (χ0) is 22.8. The van der Waals surface area contributed by atoms with Gasteiger partial charge in [0.05, 0.1) is 12.0 Å². The van der Waals surface area contributed by atoms with E-state index in [1.165, 1.54) is 13.4 Å². The number of aromatic nitrogens is 2. The number of nitrogens with one attached hydrogen (secondary N) is 2. The molecule has 0 bridgehead atoms. The number of hydrogen-bond acceptors (Lipinski definition) is 8. The molecule has 160 valence electrons. The third-order valence-corrected chi connectivity index (χ3v) is 4.91. The number of Topliss-reactive ketones (excluding diaryl/α,β-unsaturated/α-hetero) is 2. The van der Waals surface area contributed by atoms with Gasteiger partial charge in [-0.05, 0) is 13.8 Å². The van der Waals surface area contributed by atoms with Crippen LogP contribution in [0.4, 0.5) is 5.82 Å². The Balaban J connectivity index is 2.23. The van der Waals surface area contributed by atoms with Crippen LogP contribution in [0.3, 0.4) is 0 Å². The molecule has 11 heteroatoms. The molecule has 2 rings (SSSR count). The third-order valence-electron chi connectivity index (χ3n) is 4.91. The third kappa shape index (κ3) is 4.19. The smallest absolute Gasteiger partial charge is 0.269 e. The molecule has 1 heterocycles. The SMILES string of the molecule is CNC1=C(C)C(=O)C(C)=C(C(C)(C)CC(=O)N(C)N=Nc2nc[nH]c2C(N)=O)C1=O. The molecule has 1 aromatic rings. The van der Waals surface area contributed by atoms with Crippen LogP contribution in [0.15, 0.2) is 39.1 Å². The first kappa shape index (κ1) is 22.7. The molecule has 11 nitrogen and oxygen atoms in total. The van der Waals surface area contributed by atoms with Gasteiger partial charge in [-0.1, -0.05) is 19.1 Å². The Kier molecular flexibility index (Phi) is 6.34. The van der Waals surface area contributed by atoms with Gasteiger partial charge in [-0.25, -0.2) is 9.99 Å². The summed E-state index contributed by atoms with van der Waals surface area (Å²) in [6.07, 6.45) is 1.13. The summed E-state index contributed by atoms with van der Waals surface area (Å²) in [5.74, 6) is -1.80. The standard InChI is InChI=1S/C19H25N7O4/c1-9-12(16(29)13(21-5)10(2)15(9)28)19(3,4)7-11(27)26(6)25-24-18-14(17(20)30)22-8-23-18/h8,21H,7H2,1-6H3,(H2,20,30)(H,22,23). The monoisotopic (exact) mass is 415 g/mol. The Morgan fingerprint density at radius 3 is 2.43 bits per heavy atom. The summed E-state index contributed by atoms with van der Waals surface area (Å²) >= 11 is 0. The number of carbonyl (C=O) groups is 4. The van der Waals surface area contributed by atoms with E-state index < -0.39 is 17.2 Å². The molecule has 30 heavy (non-hydrogen) atoms. The number of imidazole rings is 1. The van der Waals surface area contributed by atoms with Crippen molar-refractivity contribution in [2.45, 2.75) is 34.1 Å². The number of aromatic amines is 1. The molecule has 0 unspecified atom stereocenters. The Bertz CT molecular complexity index is 1010. The number of carbonyl (C=O) groups excluding carboxylic acids is 4. The highest BCUT2D eigenvalue weighted by Crippen LogP contribution is 2.38. The van der Waals surface area contributed by atoms with Gasteiger partial charge in [0.25, 0.3) is 5.91 Å². The fourth-order valence-corrected chi connectivity index (χ4v) is 3.37. The van der Waals surface area contributed by atoms with Crippen LogP contribution in [0.1, 0.15) is 44.6 Å². The predicted molar refractivity (Wildman–Crippen MR) is 107 cm³/mol. The van der Waals surface area contributed by atoms with Gasteiger partial charge in [0.2, 0.25) is 17.5 Å². The second-order valence-electron chi connectivity index (χ2n) is 7.54. The van der Waals surface area contributed by atoms with Crippen LogP contribution in [0.2, 0.25) is 0 Å². The molecule has 4 N–H and O–H groups in total. The topological polar surface area (TPSA) is 163 Å². The molecular formula is C19H25N7O4. The summed E-state index contributed by atoms with van der Waals surface area (Å²) in [7, 11) is 2.96. The van der Waals surface area contributed by atoms with E-state index in [1.807, 2.05) is 0 Å². The minimum absolute atomic E-state index is 0.0335. The number of amides is 2. The summed E-state index contributed by atoms with van der Waals surface area (Å²) in [5.41, 5.74) is 5.40. The molecule has 1 aromatic heterocycles. The van der Waals surface area contributed by atoms with Crippen LogP contribution < -0.4 is 11.1 Å². The van der Waals surface area contributed by atoms with Gasteiger partial charge >= 0.3 is 0 Å². The lowest BCUT2D eigenvalue weighted by Crippen LogP contribution is -2.37. The summed E-state index contributed by atoms with van der Waals surface area (Å²) < 4.78 is 0. The van der Waals surface area contributed by atoms with Gasteiger partial charge in [-0.15, -0.1) is 5.11 Å². The van der Waals surface area contributed by atoms with Crippen LogP contribution in [0, 0.1) is 5.41 Å². The van der Waals surface area contributed by atoms with Crippen LogP contribution in [-0.2, 0) is 14.4 Å². The number of rotatable bonds is 7. The fraction of sp³-hybridized carbons (Fsp3) is 0.421. The Labute approximate surface area is 173 Å². The van der Waals surface area contributed by atoms with Gasteiger partial charge < -0.3 is 16.0 Å². The largest absolute Gasteiger partial charge is 0.385 e. The van der Waals surface area contributed by atoms with Crippen LogP contribution in [-0.4, -0.2) is 52.5 Å². The maximum atomic E-state index is 13.0. The van der Waals surface area contributed by atoms with E-state index in [0.717, 1.165) is 5.01 Å². The zero-order valence-electron chi connectivity index (χ0n) is 17.8. The highest BCUT2D eigenvalue weighted by Gasteiger charge is 2.40. The number of H-pyrrole nitrogens is 1. The highest BCUT2D eigenvalue weighted by atomic mass is 16.2. The maximum absolute atomic E-state index is 13.0. The van der Waals surface area contributed by atoms with Crippen LogP contribution in [0.5, 0.6) is 0 Å². The number of ketones is 2. The van der Waals surface area contributed by atoms with Crippen molar-refractivity contribution in [1.82, 2.24) is 20.3 Å². The van der Waals surface area contributed by atoms with E-state index in [-0.39, 0.29) is 40.8 Å². The predicted octanol–water partition coefficient (Wildman–Crippen LogP) is 1.34. The van der Waals surface area contributed by atoms with Crippen molar-refractivity contribution in [3.05, 3.63) is 34.4 Å². The second-order valence-corrected chi connectivity index (χ2v) is 7.54. The van der Waals surface area contributed by atoms with Crippen molar-refractivity contribution in [3.63, 3.8) is 0 Å². The van der Waals surface area contributed by atoms with Crippen molar-refractivity contribution >= 4 is 29.2 Å². The van der Waals surface area contributed by atoms with Crippen molar-refractivity contribution < 1.29 is 19.2 Å². The number of likely N-dealkylation sites (N-methyl/N-ethyl adjacent to an activating group) is 1. The van der Waals surface area contributed by atoms with E-state index >= 15 is 0 Å². The first-order chi connectivity index (χ1) is 13.9. The molecule has 1 aliphatic carbocycles. The molecule has 0 spiro atoms. The van der Waals surface area contributed by atoms with Gasteiger partial charge in [0.15, 0.2) is 11.5 Å². The molecule has 0 saturated carbocycles. The average Bonchev–Trinajstić information content (AvgIpc) is 3.13. The van der Waals surface area contributed by atoms with Crippen molar-refractivity contribution in [2.24, 2.45) is 21.5 Å². The van der Waals surface area contributed by atoms with Crippen molar-refractivity contribution in [1.29, 1.82) is 0 Å². The van der Waals surface area contributed by atoms with E-state index in [9.17, 15) is 19.2 Å². The number of nitrogens with zero attached hydrogens (tertiary/aromatic N) is 4. The molecule has 0 aromatic carbocycles. The molecule has 0 aliphatic heterocycles. The van der Waals surface area contributed by atoms with Gasteiger partial charge in [0.1, 0.15) is 0 Å². The molecule has 0 fully saturated rings. The first-order valence-corrected chi connectivity index (χ1v) is 9.13. The minimum atomic E-state index is -0.939.